The minimum atomic E-state index is -4.76. The number of rotatable bonds is 0. The second-order valence-corrected chi connectivity index (χ2v) is 0.600. The van der Waals surface area contributed by atoms with Gasteiger partial charge in [0.05, 0.1) is 0 Å². The van der Waals surface area contributed by atoms with E-state index in [9.17, 15) is 13.2 Å². The Kier molecular flexibility index (Phi) is 4.97. The molecule has 1 radical (unpaired) electrons. The molecule has 5 heteroatoms. The summed E-state index contributed by atoms with van der Waals surface area (Å²) in [5.74, 6) is 0. The van der Waals surface area contributed by atoms with Crippen LogP contribution in [0.25, 0.3) is 0 Å². The van der Waals surface area contributed by atoms with Gasteiger partial charge >= 0.3 is 12.5 Å². The molecular weight excluding hydrogens is 188 g/mol. The van der Waals surface area contributed by atoms with Crippen LogP contribution in [0.5, 0.6) is 0 Å². The Morgan fingerprint density at radius 3 is 1.43 bits per heavy atom. The van der Waals surface area contributed by atoms with Crippen molar-refractivity contribution in [2.24, 2.45) is 0 Å². The Morgan fingerprint density at radius 1 is 1.29 bits per heavy atom. The third-order valence-electron chi connectivity index (χ3n) is 0.116. The van der Waals surface area contributed by atoms with Crippen molar-refractivity contribution in [1.29, 1.82) is 0 Å². The first-order valence-corrected chi connectivity index (χ1v) is 1.02. The molecular formula is C2F3OZr. The van der Waals surface area contributed by atoms with Gasteiger partial charge in [-0.1, -0.05) is 0 Å². The zero-order chi connectivity index (χ0) is 5.21. The van der Waals surface area contributed by atoms with Gasteiger partial charge in [0.2, 0.25) is 0 Å². The maximum atomic E-state index is 10.4. The largest absolute Gasteiger partial charge is 0.458 e. The topological polar surface area (TPSA) is 17.1 Å². The summed E-state index contributed by atoms with van der Waals surface area (Å²) < 4.78 is 31.1. The predicted octanol–water partition coefficient (Wildman–Crippen LogP) is 0.656. The van der Waals surface area contributed by atoms with Crippen LogP contribution in [0, 0.1) is 0 Å². The van der Waals surface area contributed by atoms with Crippen molar-refractivity contribution in [1.82, 2.24) is 0 Å². The second-order valence-electron chi connectivity index (χ2n) is 0.600. The standard InChI is InChI=1S/C2F3O.Zr/c3-2(4,5)1-6;. The first-order valence-electron chi connectivity index (χ1n) is 1.02. The van der Waals surface area contributed by atoms with Gasteiger partial charge in [-0.05, 0) is 0 Å². The van der Waals surface area contributed by atoms with Gasteiger partial charge in [0.15, 0.2) is 0 Å². The van der Waals surface area contributed by atoms with Crippen LogP contribution >= 0.6 is 0 Å². The molecule has 0 rings (SSSR count). The van der Waals surface area contributed by atoms with E-state index in [4.69, 9.17) is 4.79 Å². The minimum absolute atomic E-state index is 0. The predicted molar refractivity (Wildman–Crippen MR) is 11.7 cm³/mol. The molecule has 0 amide bonds. The molecule has 39 valence electrons. The Hall–Kier alpha value is 0.343. The van der Waals surface area contributed by atoms with E-state index in [1.165, 1.54) is 0 Å². The van der Waals surface area contributed by atoms with Gasteiger partial charge < -0.3 is 0 Å². The Morgan fingerprint density at radius 2 is 1.43 bits per heavy atom. The zero-order valence-electron chi connectivity index (χ0n) is 3.04. The average Bonchev–Trinajstić information content (AvgIpc) is 1.35. The first kappa shape index (κ1) is 10.3. The summed E-state index contributed by atoms with van der Waals surface area (Å²) in [5, 5.41) is 0. The average molecular weight is 188 g/mol. The molecule has 0 aromatic rings. The molecule has 0 saturated heterocycles. The SMILES string of the molecule is O=[C]C(F)(F)F.[Zr]. The normalized spacial score (nSPS) is 9.57. The Balaban J connectivity index is 0. The van der Waals surface area contributed by atoms with Crippen molar-refractivity contribution in [3.05, 3.63) is 0 Å². The zero-order valence-corrected chi connectivity index (χ0v) is 5.50. The van der Waals surface area contributed by atoms with Crippen molar-refractivity contribution in [2.75, 3.05) is 0 Å². The van der Waals surface area contributed by atoms with Crippen LogP contribution < -0.4 is 0 Å². The van der Waals surface area contributed by atoms with Gasteiger partial charge in [0, 0.05) is 26.2 Å². The number of hydrogen-bond donors (Lipinski definition) is 0. The van der Waals surface area contributed by atoms with Crippen LogP contribution in [0.1, 0.15) is 0 Å². The van der Waals surface area contributed by atoms with Gasteiger partial charge in [-0.3, -0.25) is 4.79 Å². The third kappa shape index (κ3) is 10.7. The summed E-state index contributed by atoms with van der Waals surface area (Å²) in [7, 11) is 0. The van der Waals surface area contributed by atoms with E-state index in [1.54, 1.807) is 0 Å². The molecule has 0 N–H and O–H groups in total. The summed E-state index contributed by atoms with van der Waals surface area (Å²) in [5.41, 5.74) is 0. The van der Waals surface area contributed by atoms with Crippen molar-refractivity contribution < 1.29 is 44.2 Å². The molecule has 0 unspecified atom stereocenters. The third-order valence-corrected chi connectivity index (χ3v) is 0.116. The molecule has 0 spiro atoms. The molecule has 0 aliphatic heterocycles. The fourth-order valence-electron chi connectivity index (χ4n) is 0. The quantitative estimate of drug-likeness (QED) is 0.545. The summed E-state index contributed by atoms with van der Waals surface area (Å²) in [6.45, 7) is 0. The molecule has 0 aliphatic carbocycles. The molecule has 0 heterocycles. The van der Waals surface area contributed by atoms with Crippen LogP contribution in [0.2, 0.25) is 0 Å². The van der Waals surface area contributed by atoms with E-state index < -0.39 is 6.18 Å². The van der Waals surface area contributed by atoms with E-state index in [-0.39, 0.29) is 32.5 Å². The molecule has 0 saturated carbocycles. The fourth-order valence-corrected chi connectivity index (χ4v) is 0. The monoisotopic (exact) mass is 187 g/mol. The maximum absolute atomic E-state index is 10.4. The van der Waals surface area contributed by atoms with Crippen LogP contribution in [0.15, 0.2) is 0 Å². The van der Waals surface area contributed by atoms with E-state index in [0.717, 1.165) is 0 Å². The van der Waals surface area contributed by atoms with Gasteiger partial charge in [-0.25, -0.2) is 0 Å². The van der Waals surface area contributed by atoms with Crippen LogP contribution in [0.4, 0.5) is 13.2 Å². The van der Waals surface area contributed by atoms with Crippen molar-refractivity contribution in [3.8, 4) is 0 Å². The van der Waals surface area contributed by atoms with Gasteiger partial charge in [-0.2, -0.15) is 13.2 Å². The molecule has 0 bridgehead atoms. The van der Waals surface area contributed by atoms with Crippen molar-refractivity contribution in [3.63, 3.8) is 0 Å². The Bertz CT molecular complexity index is 58.4. The molecule has 7 heavy (non-hydrogen) atoms. The molecule has 0 aromatic heterocycles. The van der Waals surface area contributed by atoms with E-state index >= 15 is 0 Å². The first-order chi connectivity index (χ1) is 2.56. The molecule has 1 nitrogen and oxygen atoms in total. The second kappa shape index (κ2) is 3.36. The smallest absolute Gasteiger partial charge is 0.280 e. The summed E-state index contributed by atoms with van der Waals surface area (Å²) in [6.07, 6.45) is -4.91. The van der Waals surface area contributed by atoms with Crippen LogP contribution in [0.3, 0.4) is 0 Å². The van der Waals surface area contributed by atoms with Gasteiger partial charge in [0.25, 0.3) is 0 Å². The molecule has 0 aliphatic rings. The van der Waals surface area contributed by atoms with E-state index in [2.05, 4.69) is 0 Å². The minimum Gasteiger partial charge on any atom is -0.280 e. The molecule has 0 fully saturated rings. The number of halogens is 3. The van der Waals surface area contributed by atoms with Crippen LogP contribution in [-0.4, -0.2) is 12.5 Å². The summed E-state index contributed by atoms with van der Waals surface area (Å²) >= 11 is 0. The fraction of sp³-hybridized carbons (Fsp3) is 0.500. The number of hydrogen-bond acceptors (Lipinski definition) is 1. The maximum Gasteiger partial charge on any atom is 0.458 e. The van der Waals surface area contributed by atoms with E-state index in [0.29, 0.717) is 0 Å². The van der Waals surface area contributed by atoms with Crippen LogP contribution in [-0.2, 0) is 31.0 Å². The van der Waals surface area contributed by atoms with Gasteiger partial charge in [-0.15, -0.1) is 0 Å². The number of alkyl halides is 3. The van der Waals surface area contributed by atoms with Crippen molar-refractivity contribution >= 4 is 6.29 Å². The van der Waals surface area contributed by atoms with Crippen molar-refractivity contribution in [2.45, 2.75) is 6.18 Å². The number of carbonyl (C=O) groups excluding carboxylic acids is 1. The Labute approximate surface area is 57.0 Å². The summed E-state index contributed by atoms with van der Waals surface area (Å²) in [4.78, 5) is 8.58. The molecule has 0 atom stereocenters. The summed E-state index contributed by atoms with van der Waals surface area (Å²) in [6, 6.07) is 0. The van der Waals surface area contributed by atoms with Gasteiger partial charge in [0.1, 0.15) is 0 Å². The molecule has 0 aromatic carbocycles. The van der Waals surface area contributed by atoms with E-state index in [1.807, 2.05) is 0 Å².